The van der Waals surface area contributed by atoms with Crippen molar-refractivity contribution in [2.75, 3.05) is 17.7 Å². The fraction of sp³-hybridized carbons (Fsp3) is 0.107. The minimum absolute atomic E-state index is 0.0695. The molecule has 10 nitrogen and oxygen atoms in total. The number of halogens is 5. The molecule has 4 rings (SSSR count). The first kappa shape index (κ1) is 33.8. The van der Waals surface area contributed by atoms with Crippen molar-refractivity contribution in [1.82, 2.24) is 10.3 Å². The quantitative estimate of drug-likeness (QED) is 0.157. The molecule has 1 aromatic heterocycles. The molecule has 0 aliphatic heterocycles. The van der Waals surface area contributed by atoms with Crippen molar-refractivity contribution in [1.29, 1.82) is 0 Å². The number of alkyl halides is 3. The van der Waals surface area contributed by atoms with E-state index < -0.39 is 44.6 Å². The molecule has 3 N–H and O–H groups in total. The maximum atomic E-state index is 14.4. The molecule has 44 heavy (non-hydrogen) atoms. The summed E-state index contributed by atoms with van der Waals surface area (Å²) in [5.41, 5.74) is -0.524. The fourth-order valence-corrected chi connectivity index (χ4v) is 4.03. The molecule has 0 aliphatic carbocycles. The number of urea groups is 1. The SMILES string of the molecule is CNC(=O)c1cc(Oc2ccc(NC(=O)Nc3ccc(Cl)c(C(F)(F)F)c3)c(F)c2)ccn1.Cc1ccc(S(=O)(=O)[O-])cc1. The summed E-state index contributed by atoms with van der Waals surface area (Å²) >= 11 is 5.54. The van der Waals surface area contributed by atoms with Crippen LogP contribution in [0.4, 0.5) is 33.7 Å². The Bertz CT molecular complexity index is 1770. The zero-order valence-corrected chi connectivity index (χ0v) is 24.3. The van der Waals surface area contributed by atoms with Crippen LogP contribution in [0.5, 0.6) is 11.5 Å². The third-order valence-corrected chi connectivity index (χ3v) is 6.63. The molecule has 0 radical (unpaired) electrons. The number of benzene rings is 3. The fourth-order valence-electron chi connectivity index (χ4n) is 3.33. The van der Waals surface area contributed by atoms with Gasteiger partial charge in [-0.25, -0.2) is 17.6 Å². The van der Waals surface area contributed by atoms with Crippen LogP contribution in [0.15, 0.2) is 83.9 Å². The zero-order valence-electron chi connectivity index (χ0n) is 22.7. The monoisotopic (exact) mass is 653 g/mol. The summed E-state index contributed by atoms with van der Waals surface area (Å²) in [7, 11) is -2.83. The lowest BCUT2D eigenvalue weighted by molar-refractivity contribution is -0.137. The minimum Gasteiger partial charge on any atom is -0.744 e. The second-order valence-electron chi connectivity index (χ2n) is 8.74. The number of pyridine rings is 1. The van der Waals surface area contributed by atoms with Gasteiger partial charge in [0.1, 0.15) is 33.1 Å². The molecule has 16 heteroatoms. The smallest absolute Gasteiger partial charge is 0.417 e. The minimum atomic E-state index is -4.71. The zero-order chi connectivity index (χ0) is 32.7. The largest absolute Gasteiger partial charge is 0.744 e. The van der Waals surface area contributed by atoms with Crippen molar-refractivity contribution >= 4 is 45.0 Å². The van der Waals surface area contributed by atoms with Crippen molar-refractivity contribution in [3.05, 3.63) is 107 Å². The third-order valence-electron chi connectivity index (χ3n) is 5.45. The molecule has 0 bridgehead atoms. The van der Waals surface area contributed by atoms with E-state index in [4.69, 9.17) is 16.3 Å². The molecule has 0 unspecified atom stereocenters. The Kier molecular flexibility index (Phi) is 10.9. The lowest BCUT2D eigenvalue weighted by Gasteiger charge is -2.13. The number of carbonyl (C=O) groups is 2. The first-order chi connectivity index (χ1) is 20.6. The Morgan fingerprint density at radius 3 is 2.18 bits per heavy atom. The molecule has 0 saturated carbocycles. The van der Waals surface area contributed by atoms with Crippen molar-refractivity contribution < 1.29 is 44.9 Å². The molecule has 0 aliphatic rings. The molecule has 232 valence electrons. The predicted octanol–water partition coefficient (Wildman–Crippen LogP) is 6.59. The molecule has 3 aromatic carbocycles. The van der Waals surface area contributed by atoms with Crippen LogP contribution >= 0.6 is 11.6 Å². The van der Waals surface area contributed by atoms with Crippen LogP contribution in [0.1, 0.15) is 21.6 Å². The number of amides is 3. The number of anilines is 2. The second kappa shape index (κ2) is 14.2. The standard InChI is InChI=1S/C21H15ClF4N4O3.C7H8O3S/c1-27-19(31)18-10-13(6-7-28-18)33-12-3-5-17(16(23)9-12)30-20(32)29-11-2-4-15(22)14(8-11)21(24,25)26;1-6-2-4-7(5-3-6)11(8,9)10/h2-10H,1H3,(H,27,31)(H2,29,30,32);2-5H,1H3,(H,8,9,10)/p-1. The van der Waals surface area contributed by atoms with Crippen LogP contribution < -0.4 is 20.7 Å². The Hall–Kier alpha value is -4.73. The van der Waals surface area contributed by atoms with E-state index in [1.165, 1.54) is 55.7 Å². The van der Waals surface area contributed by atoms with Crippen molar-refractivity contribution in [3.8, 4) is 11.5 Å². The Morgan fingerprint density at radius 2 is 1.59 bits per heavy atom. The van der Waals surface area contributed by atoms with Gasteiger partial charge in [0.15, 0.2) is 0 Å². The highest BCUT2D eigenvalue weighted by molar-refractivity contribution is 7.85. The summed E-state index contributed by atoms with van der Waals surface area (Å²) in [6.07, 6.45) is -3.36. The number of nitrogens with one attached hydrogen (secondary N) is 3. The van der Waals surface area contributed by atoms with E-state index in [0.29, 0.717) is 6.07 Å². The van der Waals surface area contributed by atoms with Crippen LogP contribution in [0.3, 0.4) is 0 Å². The van der Waals surface area contributed by atoms with Gasteiger partial charge in [0.2, 0.25) is 0 Å². The maximum Gasteiger partial charge on any atom is 0.417 e. The highest BCUT2D eigenvalue weighted by Gasteiger charge is 2.33. The molecule has 0 fully saturated rings. The van der Waals surface area contributed by atoms with Crippen molar-refractivity contribution in [2.45, 2.75) is 18.0 Å². The van der Waals surface area contributed by atoms with E-state index in [9.17, 15) is 40.1 Å². The maximum absolute atomic E-state index is 14.4. The van der Waals surface area contributed by atoms with Gasteiger partial charge in [-0.2, -0.15) is 13.2 Å². The highest BCUT2D eigenvalue weighted by Crippen LogP contribution is 2.36. The summed E-state index contributed by atoms with van der Waals surface area (Å²) in [6.45, 7) is 1.82. The van der Waals surface area contributed by atoms with E-state index in [1.54, 1.807) is 12.1 Å². The second-order valence-corrected chi connectivity index (χ2v) is 10.5. The number of ether oxygens (including phenoxy) is 1. The van der Waals surface area contributed by atoms with Gasteiger partial charge in [-0.1, -0.05) is 29.3 Å². The number of carbonyl (C=O) groups excluding carboxylic acids is 2. The number of rotatable bonds is 6. The topological polar surface area (TPSA) is 150 Å². The van der Waals surface area contributed by atoms with E-state index in [0.717, 1.165) is 17.7 Å². The number of aryl methyl sites for hydroxylation is 1. The molecular weight excluding hydrogens is 632 g/mol. The molecular formula is C28H22ClF4N4O6S-. The van der Waals surface area contributed by atoms with E-state index in [1.807, 2.05) is 6.92 Å². The van der Waals surface area contributed by atoms with E-state index in [-0.39, 0.29) is 33.5 Å². The van der Waals surface area contributed by atoms with E-state index in [2.05, 4.69) is 20.9 Å². The summed E-state index contributed by atoms with van der Waals surface area (Å²) in [5, 5.41) is 6.27. The average molecular weight is 654 g/mol. The van der Waals surface area contributed by atoms with Crippen molar-refractivity contribution in [2.24, 2.45) is 0 Å². The first-order valence-corrected chi connectivity index (χ1v) is 14.0. The van der Waals surface area contributed by atoms with Crippen LogP contribution in [-0.2, 0) is 16.3 Å². The normalized spacial score (nSPS) is 11.1. The average Bonchev–Trinajstić information content (AvgIpc) is 2.95. The number of hydrogen-bond acceptors (Lipinski definition) is 7. The van der Waals surface area contributed by atoms with Crippen molar-refractivity contribution in [3.63, 3.8) is 0 Å². The number of aromatic nitrogens is 1. The molecule has 1 heterocycles. The van der Waals surface area contributed by atoms with Gasteiger partial charge >= 0.3 is 12.2 Å². The Balaban J connectivity index is 0.000000404. The first-order valence-electron chi connectivity index (χ1n) is 12.2. The molecule has 4 aromatic rings. The Labute approximate surface area is 253 Å². The summed E-state index contributed by atoms with van der Waals surface area (Å²) in [6, 6.07) is 14.0. The predicted molar refractivity (Wildman–Crippen MR) is 152 cm³/mol. The van der Waals surface area contributed by atoms with E-state index >= 15 is 0 Å². The van der Waals surface area contributed by atoms with Gasteiger partial charge in [0, 0.05) is 31.1 Å². The van der Waals surface area contributed by atoms with Crippen LogP contribution in [0, 0.1) is 12.7 Å². The van der Waals surface area contributed by atoms with Crippen LogP contribution in [0.25, 0.3) is 0 Å². The molecule has 3 amide bonds. The van der Waals surface area contributed by atoms with Gasteiger partial charge < -0.3 is 25.2 Å². The van der Waals surface area contributed by atoms with Crippen LogP contribution in [0.2, 0.25) is 5.02 Å². The summed E-state index contributed by atoms with van der Waals surface area (Å²) < 4.78 is 89.9. The number of nitrogens with zero attached hydrogens (tertiary/aromatic N) is 1. The lowest BCUT2D eigenvalue weighted by atomic mass is 10.2. The van der Waals surface area contributed by atoms with Gasteiger partial charge in [-0.05, 0) is 55.5 Å². The summed E-state index contributed by atoms with van der Waals surface area (Å²) in [4.78, 5) is 27.4. The highest BCUT2D eigenvalue weighted by atomic mass is 35.5. The number of hydrogen-bond donors (Lipinski definition) is 3. The summed E-state index contributed by atoms with van der Waals surface area (Å²) in [5.74, 6) is -1.000. The Morgan fingerprint density at radius 1 is 0.932 bits per heavy atom. The van der Waals surface area contributed by atoms with Gasteiger partial charge in [-0.15, -0.1) is 0 Å². The van der Waals surface area contributed by atoms with Gasteiger partial charge in [-0.3, -0.25) is 9.78 Å². The molecule has 0 saturated heterocycles. The van der Waals surface area contributed by atoms with Gasteiger partial charge in [0.05, 0.1) is 21.2 Å². The molecule has 0 spiro atoms. The lowest BCUT2D eigenvalue weighted by Crippen LogP contribution is -2.20. The van der Waals surface area contributed by atoms with Crippen LogP contribution in [-0.4, -0.2) is 36.9 Å². The molecule has 0 atom stereocenters. The van der Waals surface area contributed by atoms with Gasteiger partial charge in [0.25, 0.3) is 5.91 Å². The third kappa shape index (κ3) is 9.65.